The van der Waals surface area contributed by atoms with E-state index >= 15 is 0 Å². The standard InChI is InChI=1S/C11H17N3O3S2/c1-6-7(2)19-11(12-6)14-10(17)13-8(9(15)16)4-5-18-3/h8H,4-5H2,1-3H3,(H,15,16)(H2,12,13,14,17). The second-order valence-corrected chi connectivity index (χ2v) is 6.12. The van der Waals surface area contributed by atoms with Crippen molar-refractivity contribution in [2.75, 3.05) is 17.3 Å². The summed E-state index contributed by atoms with van der Waals surface area (Å²) >= 11 is 2.90. The molecular weight excluding hydrogens is 286 g/mol. The molecule has 1 aromatic heterocycles. The number of carboxylic acid groups (broad SMARTS) is 1. The van der Waals surface area contributed by atoms with Crippen molar-refractivity contribution < 1.29 is 14.7 Å². The van der Waals surface area contributed by atoms with Crippen LogP contribution in [0.3, 0.4) is 0 Å². The first kappa shape index (κ1) is 15.8. The molecular formula is C11H17N3O3S2. The zero-order chi connectivity index (χ0) is 14.4. The first-order chi connectivity index (χ1) is 8.93. The number of urea groups is 1. The highest BCUT2D eigenvalue weighted by Gasteiger charge is 2.19. The van der Waals surface area contributed by atoms with Crippen LogP contribution in [0, 0.1) is 13.8 Å². The van der Waals surface area contributed by atoms with Crippen LogP contribution >= 0.6 is 23.1 Å². The number of hydrogen-bond acceptors (Lipinski definition) is 5. The van der Waals surface area contributed by atoms with Gasteiger partial charge in [-0.05, 0) is 32.3 Å². The number of aromatic nitrogens is 1. The lowest BCUT2D eigenvalue weighted by atomic mass is 10.2. The molecule has 0 spiro atoms. The lowest BCUT2D eigenvalue weighted by Gasteiger charge is -2.13. The number of nitrogens with zero attached hydrogens (tertiary/aromatic N) is 1. The van der Waals surface area contributed by atoms with Gasteiger partial charge in [-0.3, -0.25) is 5.32 Å². The van der Waals surface area contributed by atoms with Crippen LogP contribution in [0.2, 0.25) is 0 Å². The molecule has 1 aromatic rings. The van der Waals surface area contributed by atoms with Gasteiger partial charge in [0.1, 0.15) is 6.04 Å². The van der Waals surface area contributed by atoms with Crippen molar-refractivity contribution in [3.05, 3.63) is 10.6 Å². The third kappa shape index (κ3) is 5.07. The highest BCUT2D eigenvalue weighted by molar-refractivity contribution is 7.98. The van der Waals surface area contributed by atoms with Crippen molar-refractivity contribution in [3.8, 4) is 0 Å². The zero-order valence-corrected chi connectivity index (χ0v) is 12.7. The summed E-state index contributed by atoms with van der Waals surface area (Å²) in [5.74, 6) is -0.358. The molecule has 19 heavy (non-hydrogen) atoms. The van der Waals surface area contributed by atoms with Crippen molar-refractivity contribution in [2.45, 2.75) is 26.3 Å². The van der Waals surface area contributed by atoms with Crippen LogP contribution in [0.25, 0.3) is 0 Å². The largest absolute Gasteiger partial charge is 0.480 e. The number of rotatable bonds is 6. The molecule has 0 radical (unpaired) electrons. The third-order valence-corrected chi connectivity index (χ3v) is 4.10. The van der Waals surface area contributed by atoms with Gasteiger partial charge in [-0.15, -0.1) is 11.3 Å². The van der Waals surface area contributed by atoms with Crippen LogP contribution in [0.15, 0.2) is 0 Å². The molecule has 1 rings (SSSR count). The molecule has 2 amide bonds. The van der Waals surface area contributed by atoms with E-state index in [-0.39, 0.29) is 0 Å². The molecule has 6 nitrogen and oxygen atoms in total. The van der Waals surface area contributed by atoms with Gasteiger partial charge in [0, 0.05) is 4.88 Å². The number of anilines is 1. The van der Waals surface area contributed by atoms with Crippen molar-refractivity contribution in [3.63, 3.8) is 0 Å². The smallest absolute Gasteiger partial charge is 0.326 e. The molecule has 0 saturated heterocycles. The number of nitrogens with one attached hydrogen (secondary N) is 2. The van der Waals surface area contributed by atoms with E-state index in [4.69, 9.17) is 5.11 Å². The predicted octanol–water partition coefficient (Wildman–Crippen LogP) is 2.09. The summed E-state index contributed by atoms with van der Waals surface area (Å²) < 4.78 is 0. The maximum Gasteiger partial charge on any atom is 0.326 e. The van der Waals surface area contributed by atoms with Crippen molar-refractivity contribution >= 4 is 40.2 Å². The molecule has 1 atom stereocenters. The van der Waals surface area contributed by atoms with Gasteiger partial charge in [-0.25, -0.2) is 14.6 Å². The Bertz CT molecular complexity index is 443. The second kappa shape index (κ2) is 7.34. The lowest BCUT2D eigenvalue weighted by Crippen LogP contribution is -2.43. The number of thiazole rings is 1. The van der Waals surface area contributed by atoms with E-state index in [2.05, 4.69) is 15.6 Å². The summed E-state index contributed by atoms with van der Waals surface area (Å²) in [6, 6.07) is -1.42. The minimum absolute atomic E-state index is 0.389. The molecule has 0 bridgehead atoms. The minimum Gasteiger partial charge on any atom is -0.480 e. The Morgan fingerprint density at radius 2 is 2.16 bits per heavy atom. The molecule has 1 unspecified atom stereocenters. The Labute approximate surface area is 120 Å². The van der Waals surface area contributed by atoms with E-state index in [1.165, 1.54) is 23.1 Å². The molecule has 0 saturated carbocycles. The first-order valence-electron chi connectivity index (χ1n) is 5.67. The second-order valence-electron chi connectivity index (χ2n) is 3.93. The average Bonchev–Trinajstić information content (AvgIpc) is 2.63. The van der Waals surface area contributed by atoms with E-state index in [0.717, 1.165) is 10.6 Å². The van der Waals surface area contributed by atoms with Gasteiger partial charge in [0.25, 0.3) is 0 Å². The molecule has 0 aliphatic heterocycles. The Balaban J connectivity index is 2.54. The summed E-state index contributed by atoms with van der Waals surface area (Å²) in [5, 5.41) is 14.5. The fourth-order valence-corrected chi connectivity index (χ4v) is 2.59. The number of carbonyl (C=O) groups is 2. The number of aryl methyl sites for hydroxylation is 2. The molecule has 106 valence electrons. The molecule has 0 aliphatic rings. The number of carbonyl (C=O) groups excluding carboxylic acids is 1. The molecule has 8 heteroatoms. The average molecular weight is 303 g/mol. The fraction of sp³-hybridized carbons (Fsp3) is 0.545. The van der Waals surface area contributed by atoms with Gasteiger partial charge in [0.05, 0.1) is 5.69 Å². The van der Waals surface area contributed by atoms with Gasteiger partial charge < -0.3 is 10.4 Å². The van der Waals surface area contributed by atoms with Gasteiger partial charge >= 0.3 is 12.0 Å². The van der Waals surface area contributed by atoms with Gasteiger partial charge in [-0.1, -0.05) is 0 Å². The van der Waals surface area contributed by atoms with Crippen molar-refractivity contribution in [2.24, 2.45) is 0 Å². The topological polar surface area (TPSA) is 91.3 Å². The SMILES string of the molecule is CSCCC(NC(=O)Nc1nc(C)c(C)s1)C(=O)O. The molecule has 0 aliphatic carbocycles. The number of thioether (sulfide) groups is 1. The Morgan fingerprint density at radius 3 is 2.63 bits per heavy atom. The normalized spacial score (nSPS) is 11.9. The van der Waals surface area contributed by atoms with E-state index < -0.39 is 18.0 Å². The van der Waals surface area contributed by atoms with E-state index in [1.807, 2.05) is 20.1 Å². The zero-order valence-electron chi connectivity index (χ0n) is 11.0. The highest BCUT2D eigenvalue weighted by Crippen LogP contribution is 2.20. The third-order valence-electron chi connectivity index (χ3n) is 2.46. The summed E-state index contributed by atoms with van der Waals surface area (Å²) in [7, 11) is 0. The first-order valence-corrected chi connectivity index (χ1v) is 7.88. The van der Waals surface area contributed by atoms with E-state index in [1.54, 1.807) is 0 Å². The number of carboxylic acids is 1. The van der Waals surface area contributed by atoms with Crippen LogP contribution in [0.5, 0.6) is 0 Å². The highest BCUT2D eigenvalue weighted by atomic mass is 32.2. The Hall–Kier alpha value is -1.28. The number of amides is 2. The van der Waals surface area contributed by atoms with Gasteiger partial charge in [0.15, 0.2) is 5.13 Å². The maximum atomic E-state index is 11.7. The predicted molar refractivity (Wildman–Crippen MR) is 78.2 cm³/mol. The van der Waals surface area contributed by atoms with E-state index in [9.17, 15) is 9.59 Å². The molecule has 3 N–H and O–H groups in total. The quantitative estimate of drug-likeness (QED) is 0.748. The van der Waals surface area contributed by atoms with Crippen LogP contribution in [-0.2, 0) is 4.79 Å². The molecule has 0 fully saturated rings. The van der Waals surface area contributed by atoms with Crippen molar-refractivity contribution in [1.82, 2.24) is 10.3 Å². The fourth-order valence-electron chi connectivity index (χ4n) is 1.31. The summed E-state index contributed by atoms with van der Waals surface area (Å²) in [6.07, 6.45) is 2.28. The van der Waals surface area contributed by atoms with Crippen LogP contribution in [0.4, 0.5) is 9.93 Å². The maximum absolute atomic E-state index is 11.7. The van der Waals surface area contributed by atoms with Gasteiger partial charge in [-0.2, -0.15) is 11.8 Å². The molecule has 1 heterocycles. The number of aliphatic carboxylic acids is 1. The summed E-state index contributed by atoms with van der Waals surface area (Å²) in [4.78, 5) is 27.9. The van der Waals surface area contributed by atoms with Crippen LogP contribution in [-0.4, -0.2) is 40.1 Å². The monoisotopic (exact) mass is 303 g/mol. The Morgan fingerprint density at radius 1 is 1.47 bits per heavy atom. The summed E-state index contributed by atoms with van der Waals surface area (Å²) in [6.45, 7) is 3.77. The molecule has 0 aromatic carbocycles. The number of hydrogen-bond donors (Lipinski definition) is 3. The summed E-state index contributed by atoms with van der Waals surface area (Å²) in [5.41, 5.74) is 0.859. The van der Waals surface area contributed by atoms with Gasteiger partial charge in [0.2, 0.25) is 0 Å². The van der Waals surface area contributed by atoms with Crippen LogP contribution in [0.1, 0.15) is 17.0 Å². The van der Waals surface area contributed by atoms with Crippen molar-refractivity contribution in [1.29, 1.82) is 0 Å². The van der Waals surface area contributed by atoms with Crippen LogP contribution < -0.4 is 10.6 Å². The lowest BCUT2D eigenvalue weighted by molar-refractivity contribution is -0.139. The minimum atomic E-state index is -1.03. The van der Waals surface area contributed by atoms with E-state index in [0.29, 0.717) is 17.3 Å². The Kier molecular flexibility index (Phi) is 6.10.